The van der Waals surface area contributed by atoms with Crippen LogP contribution in [0.2, 0.25) is 0 Å². The summed E-state index contributed by atoms with van der Waals surface area (Å²) >= 11 is 0. The van der Waals surface area contributed by atoms with E-state index in [1.54, 1.807) is 11.6 Å². The number of nitrogens with two attached hydrogens (primary N) is 1. The molecule has 236 valence electrons. The van der Waals surface area contributed by atoms with Crippen LogP contribution in [-0.4, -0.2) is 68.9 Å². The molecule has 3 atom stereocenters. The monoisotopic (exact) mass is 604 g/mol. The molecule has 1 aromatic rings. The molecule has 3 amide bonds. The lowest BCUT2D eigenvalue weighted by Crippen LogP contribution is -2.56. The maximum atomic E-state index is 13.4. The molecule has 0 aromatic heterocycles. The van der Waals surface area contributed by atoms with Crippen LogP contribution in [0.5, 0.6) is 0 Å². The van der Waals surface area contributed by atoms with E-state index in [9.17, 15) is 37.6 Å². The van der Waals surface area contributed by atoms with E-state index in [4.69, 9.17) is 20.7 Å². The van der Waals surface area contributed by atoms with Gasteiger partial charge < -0.3 is 15.9 Å². The summed E-state index contributed by atoms with van der Waals surface area (Å²) in [5.74, 6) is -7.83. The third-order valence-corrected chi connectivity index (χ3v) is 5.51. The third kappa shape index (κ3) is 15.1. The number of hydrogen-bond donors (Lipinski definition) is 6. The number of hydrazine groups is 1. The highest BCUT2D eigenvalue weighted by Gasteiger charge is 2.38. The fraction of sp³-hybridized carbons (Fsp3) is 0.519. The van der Waals surface area contributed by atoms with E-state index in [-0.39, 0.29) is 24.8 Å². The Morgan fingerprint density at radius 3 is 1.93 bits per heavy atom. The summed E-state index contributed by atoms with van der Waals surface area (Å²) in [6, 6.07) is 8.09. The molecule has 1 rings (SSSR count). The van der Waals surface area contributed by atoms with Crippen molar-refractivity contribution in [3.05, 3.63) is 42.0 Å². The molecular formula is C27H39F3N4O8. The number of rotatable bonds is 13. The number of benzene rings is 1. The highest BCUT2D eigenvalue weighted by Crippen LogP contribution is 2.26. The Labute approximate surface area is 241 Å². The van der Waals surface area contributed by atoms with E-state index in [1.807, 2.05) is 64.1 Å². The zero-order valence-corrected chi connectivity index (χ0v) is 23.8. The first-order valence-corrected chi connectivity index (χ1v) is 12.9. The van der Waals surface area contributed by atoms with Gasteiger partial charge in [0.1, 0.15) is 0 Å². The molecule has 0 aliphatic heterocycles. The number of hydroxylamine groups is 1. The van der Waals surface area contributed by atoms with Crippen LogP contribution < -0.4 is 16.6 Å². The van der Waals surface area contributed by atoms with Crippen LogP contribution in [0.15, 0.2) is 36.4 Å². The van der Waals surface area contributed by atoms with Crippen molar-refractivity contribution in [1.29, 1.82) is 0 Å². The Balaban J connectivity index is 0.00000212. The summed E-state index contributed by atoms with van der Waals surface area (Å²) in [5.41, 5.74) is 10.9. The van der Waals surface area contributed by atoms with Crippen LogP contribution in [0, 0.1) is 23.7 Å². The smallest absolute Gasteiger partial charge is 0.481 e. The van der Waals surface area contributed by atoms with Gasteiger partial charge in [-0.2, -0.15) is 13.2 Å². The number of carboxylic acid groups (broad SMARTS) is 2. The number of amides is 3. The lowest BCUT2D eigenvalue weighted by Gasteiger charge is -2.31. The second-order valence-corrected chi connectivity index (χ2v) is 10.2. The molecule has 42 heavy (non-hydrogen) atoms. The van der Waals surface area contributed by atoms with Crippen LogP contribution in [0.4, 0.5) is 13.2 Å². The minimum Gasteiger partial charge on any atom is -0.481 e. The third-order valence-electron chi connectivity index (χ3n) is 5.51. The van der Waals surface area contributed by atoms with Crippen molar-refractivity contribution in [3.8, 4) is 0 Å². The zero-order valence-electron chi connectivity index (χ0n) is 23.8. The summed E-state index contributed by atoms with van der Waals surface area (Å²) in [7, 11) is 0. The zero-order chi connectivity index (χ0) is 32.6. The number of carboxylic acids is 2. The minimum absolute atomic E-state index is 0.0290. The predicted molar refractivity (Wildman–Crippen MR) is 145 cm³/mol. The summed E-state index contributed by atoms with van der Waals surface area (Å²) in [6.45, 7) is 7.56. The molecule has 0 radical (unpaired) electrons. The molecule has 15 heteroatoms. The van der Waals surface area contributed by atoms with E-state index in [0.29, 0.717) is 6.42 Å². The highest BCUT2D eigenvalue weighted by molar-refractivity contribution is 5.91. The van der Waals surface area contributed by atoms with E-state index < -0.39 is 60.1 Å². The Kier molecular flexibility index (Phi) is 16.7. The molecule has 0 aliphatic carbocycles. The van der Waals surface area contributed by atoms with Crippen LogP contribution >= 0.6 is 0 Å². The maximum Gasteiger partial charge on any atom is 0.490 e. The van der Waals surface area contributed by atoms with Gasteiger partial charge in [-0.1, -0.05) is 70.2 Å². The predicted octanol–water partition coefficient (Wildman–Crippen LogP) is 2.82. The quantitative estimate of drug-likeness (QED) is 0.145. The molecule has 7 N–H and O–H groups in total. The largest absolute Gasteiger partial charge is 0.490 e. The number of nitrogens with one attached hydrogen (secondary N) is 2. The van der Waals surface area contributed by atoms with Crippen LogP contribution in [0.1, 0.15) is 52.5 Å². The Bertz CT molecular complexity index is 1070. The Morgan fingerprint density at radius 1 is 0.952 bits per heavy atom. The molecule has 0 fully saturated rings. The van der Waals surface area contributed by atoms with Crippen molar-refractivity contribution in [1.82, 2.24) is 15.9 Å². The number of nitrogens with zero attached hydrogens (tertiary/aromatic N) is 1. The van der Waals surface area contributed by atoms with Crippen molar-refractivity contribution in [2.75, 3.05) is 6.54 Å². The van der Waals surface area contributed by atoms with E-state index in [1.165, 1.54) is 0 Å². The standard InChI is InChI=1S/C25H38N4O6.C2HF3O2/c1-16(2)13-20(19(24(33)28-35)12-8-11-18-9-6-5-7-10-18)23(32)27-29(15-17(3)4)25(34)21(26)14-22(30)31;3-2(4,5)1(6)7/h5-11,16-17,19-21,35H,12-15,26H2,1-4H3,(H,27,32)(H,28,33)(H,30,31);(H,6,7)/t19-,20+,21+;/m0./s1. The van der Waals surface area contributed by atoms with Crippen LogP contribution in [-0.2, 0) is 24.0 Å². The lowest BCUT2D eigenvalue weighted by atomic mass is 9.82. The molecule has 0 saturated carbocycles. The molecular weight excluding hydrogens is 565 g/mol. The first-order chi connectivity index (χ1) is 19.4. The Morgan fingerprint density at radius 2 is 1.50 bits per heavy atom. The van der Waals surface area contributed by atoms with Gasteiger partial charge in [-0.05, 0) is 30.2 Å². The van der Waals surface area contributed by atoms with Gasteiger partial charge in [0, 0.05) is 6.54 Å². The topological polar surface area (TPSA) is 199 Å². The average molecular weight is 605 g/mol. The molecule has 0 unspecified atom stereocenters. The van der Waals surface area contributed by atoms with Crippen molar-refractivity contribution < 1.29 is 52.6 Å². The van der Waals surface area contributed by atoms with Crippen LogP contribution in [0.3, 0.4) is 0 Å². The number of aliphatic carboxylic acids is 2. The number of hydrogen-bond acceptors (Lipinski definition) is 7. The summed E-state index contributed by atoms with van der Waals surface area (Å²) in [5, 5.41) is 26.5. The molecule has 0 saturated heterocycles. The Hall–Kier alpha value is -3.98. The van der Waals surface area contributed by atoms with Gasteiger partial charge in [0.2, 0.25) is 11.8 Å². The van der Waals surface area contributed by atoms with Gasteiger partial charge in [0.25, 0.3) is 5.91 Å². The fourth-order valence-corrected chi connectivity index (χ4v) is 3.66. The van der Waals surface area contributed by atoms with E-state index >= 15 is 0 Å². The van der Waals surface area contributed by atoms with Gasteiger partial charge in [-0.15, -0.1) is 0 Å². The van der Waals surface area contributed by atoms with Crippen molar-refractivity contribution in [2.45, 2.75) is 59.2 Å². The van der Waals surface area contributed by atoms with Crippen molar-refractivity contribution >= 4 is 35.7 Å². The number of halogens is 3. The van der Waals surface area contributed by atoms with Crippen LogP contribution in [0.25, 0.3) is 6.08 Å². The number of carbonyl (C=O) groups is 5. The molecule has 0 spiro atoms. The summed E-state index contributed by atoms with van der Waals surface area (Å²) in [6.07, 6.45) is -1.60. The SMILES string of the molecule is CC(C)C[C@@H](C(=O)NN(CC(C)C)C(=O)[C@H](N)CC(=O)O)[C@H](CC=Cc1ccccc1)C(=O)NO.O=C(O)C(F)(F)F. The molecule has 0 heterocycles. The van der Waals surface area contributed by atoms with Gasteiger partial charge in [-0.3, -0.25) is 34.8 Å². The summed E-state index contributed by atoms with van der Waals surface area (Å²) < 4.78 is 31.7. The summed E-state index contributed by atoms with van der Waals surface area (Å²) in [4.78, 5) is 58.6. The highest BCUT2D eigenvalue weighted by atomic mass is 19.4. The van der Waals surface area contributed by atoms with E-state index in [2.05, 4.69) is 5.43 Å². The first kappa shape index (κ1) is 38.0. The lowest BCUT2D eigenvalue weighted by molar-refractivity contribution is -0.192. The maximum absolute atomic E-state index is 13.4. The number of allylic oxidation sites excluding steroid dienone is 1. The number of alkyl halides is 3. The fourth-order valence-electron chi connectivity index (χ4n) is 3.66. The normalized spacial score (nSPS) is 13.5. The van der Waals surface area contributed by atoms with Crippen molar-refractivity contribution in [3.63, 3.8) is 0 Å². The molecule has 12 nitrogen and oxygen atoms in total. The average Bonchev–Trinajstić information content (AvgIpc) is 2.88. The molecule has 0 aliphatic rings. The minimum atomic E-state index is -5.08. The van der Waals surface area contributed by atoms with E-state index in [0.717, 1.165) is 10.6 Å². The molecule has 1 aromatic carbocycles. The second-order valence-electron chi connectivity index (χ2n) is 10.2. The second kappa shape index (κ2) is 18.5. The van der Waals surface area contributed by atoms with Crippen molar-refractivity contribution in [2.24, 2.45) is 29.4 Å². The van der Waals surface area contributed by atoms with Gasteiger partial charge in [-0.25, -0.2) is 10.3 Å². The number of carbonyl (C=O) groups excluding carboxylic acids is 3. The first-order valence-electron chi connectivity index (χ1n) is 12.9. The molecule has 0 bridgehead atoms. The van der Waals surface area contributed by atoms with Gasteiger partial charge in [0.05, 0.1) is 24.3 Å². The van der Waals surface area contributed by atoms with Gasteiger partial charge in [0.15, 0.2) is 0 Å². The van der Waals surface area contributed by atoms with Gasteiger partial charge >= 0.3 is 18.1 Å².